The van der Waals surface area contributed by atoms with Crippen LogP contribution >= 0.6 is 0 Å². The van der Waals surface area contributed by atoms with Crippen molar-refractivity contribution in [2.24, 2.45) is 5.92 Å². The maximum Gasteiger partial charge on any atom is 0.224 e. The van der Waals surface area contributed by atoms with E-state index < -0.39 is 0 Å². The number of aliphatic hydroxyl groups is 1. The summed E-state index contributed by atoms with van der Waals surface area (Å²) in [7, 11) is 0. The Morgan fingerprint density at radius 3 is 2.93 bits per heavy atom. The molecule has 0 radical (unpaired) electrons. The average Bonchev–Trinajstić information content (AvgIpc) is 2.65. The maximum atomic E-state index is 11.6. The van der Waals surface area contributed by atoms with E-state index in [1.54, 1.807) is 17.4 Å². The van der Waals surface area contributed by atoms with Gasteiger partial charge in [-0.25, -0.2) is 4.98 Å². The van der Waals surface area contributed by atoms with Gasteiger partial charge in [-0.2, -0.15) is 0 Å². The number of carbonyl (C=O) groups is 1. The lowest BCUT2D eigenvalue weighted by Gasteiger charge is -2.38. The van der Waals surface area contributed by atoms with E-state index in [9.17, 15) is 4.79 Å². The van der Waals surface area contributed by atoms with Crippen LogP contribution in [-0.2, 0) is 11.3 Å². The quantitative estimate of drug-likeness (QED) is 0.742. The average molecular weight is 209 g/mol. The van der Waals surface area contributed by atoms with Crippen LogP contribution in [0, 0.1) is 5.92 Å². The first kappa shape index (κ1) is 10.2. The van der Waals surface area contributed by atoms with Gasteiger partial charge in [-0.1, -0.05) is 0 Å². The van der Waals surface area contributed by atoms with Crippen molar-refractivity contribution >= 4 is 5.91 Å². The molecule has 1 aromatic rings. The topological polar surface area (TPSA) is 58.4 Å². The molecule has 15 heavy (non-hydrogen) atoms. The van der Waals surface area contributed by atoms with Gasteiger partial charge in [0.25, 0.3) is 0 Å². The van der Waals surface area contributed by atoms with Crippen molar-refractivity contribution in [1.82, 2.24) is 14.5 Å². The van der Waals surface area contributed by atoms with E-state index in [1.165, 1.54) is 0 Å². The van der Waals surface area contributed by atoms with Crippen LogP contribution < -0.4 is 0 Å². The van der Waals surface area contributed by atoms with E-state index in [0.717, 1.165) is 0 Å². The van der Waals surface area contributed by atoms with Crippen molar-refractivity contribution in [3.63, 3.8) is 0 Å². The van der Waals surface area contributed by atoms with Crippen LogP contribution in [0.15, 0.2) is 18.7 Å². The van der Waals surface area contributed by atoms with E-state index in [1.807, 2.05) is 10.8 Å². The molecule has 0 unspecified atom stereocenters. The van der Waals surface area contributed by atoms with E-state index in [-0.39, 0.29) is 12.5 Å². The van der Waals surface area contributed by atoms with Gasteiger partial charge in [0.2, 0.25) is 5.91 Å². The van der Waals surface area contributed by atoms with Crippen molar-refractivity contribution in [2.45, 2.75) is 13.0 Å². The number of rotatable bonds is 4. The number of hydrogen-bond donors (Lipinski definition) is 1. The minimum atomic E-state index is 0.161. The minimum Gasteiger partial charge on any atom is -0.396 e. The summed E-state index contributed by atoms with van der Waals surface area (Å²) in [5.74, 6) is 0.454. The zero-order valence-corrected chi connectivity index (χ0v) is 8.54. The lowest BCUT2D eigenvalue weighted by atomic mass is 10.0. The molecule has 82 valence electrons. The van der Waals surface area contributed by atoms with Crippen LogP contribution in [0.5, 0.6) is 0 Å². The SMILES string of the molecule is O=C(CCn1ccnc1)N1CC(CO)C1. The molecule has 1 aliphatic rings. The van der Waals surface area contributed by atoms with Crippen LogP contribution in [0.3, 0.4) is 0 Å². The van der Waals surface area contributed by atoms with Gasteiger partial charge in [-0.3, -0.25) is 4.79 Å². The van der Waals surface area contributed by atoms with Gasteiger partial charge < -0.3 is 14.6 Å². The van der Waals surface area contributed by atoms with Crippen molar-refractivity contribution in [3.05, 3.63) is 18.7 Å². The predicted octanol–water partition coefficient (Wildman–Crippen LogP) is -0.276. The highest BCUT2D eigenvalue weighted by Gasteiger charge is 2.29. The number of aryl methyl sites for hydroxylation is 1. The van der Waals surface area contributed by atoms with Crippen LogP contribution in [0.25, 0.3) is 0 Å². The van der Waals surface area contributed by atoms with Crippen LogP contribution in [-0.4, -0.2) is 45.2 Å². The Balaban J connectivity index is 1.70. The molecule has 2 heterocycles. The Bertz CT molecular complexity index is 317. The molecule has 1 amide bonds. The van der Waals surface area contributed by atoms with Gasteiger partial charge in [0.15, 0.2) is 0 Å². The third kappa shape index (κ3) is 2.36. The molecule has 5 heteroatoms. The molecule has 1 N–H and O–H groups in total. The number of aliphatic hydroxyl groups excluding tert-OH is 1. The van der Waals surface area contributed by atoms with Gasteiger partial charge in [-0.05, 0) is 0 Å². The monoisotopic (exact) mass is 209 g/mol. The first-order valence-corrected chi connectivity index (χ1v) is 5.14. The summed E-state index contributed by atoms with van der Waals surface area (Å²) in [4.78, 5) is 17.3. The fourth-order valence-electron chi connectivity index (χ4n) is 1.69. The summed E-state index contributed by atoms with van der Waals surface area (Å²) in [6.07, 6.45) is 5.77. The predicted molar refractivity (Wildman–Crippen MR) is 54.0 cm³/mol. The smallest absolute Gasteiger partial charge is 0.224 e. The molecule has 0 atom stereocenters. The largest absolute Gasteiger partial charge is 0.396 e. The second kappa shape index (κ2) is 4.44. The maximum absolute atomic E-state index is 11.6. The number of nitrogens with zero attached hydrogens (tertiary/aromatic N) is 3. The number of aromatic nitrogens is 2. The Kier molecular flexibility index (Phi) is 3.01. The Morgan fingerprint density at radius 2 is 2.33 bits per heavy atom. The molecule has 0 aromatic carbocycles. The molecule has 1 aromatic heterocycles. The van der Waals surface area contributed by atoms with E-state index >= 15 is 0 Å². The first-order valence-electron chi connectivity index (χ1n) is 5.14. The molecule has 2 rings (SSSR count). The lowest BCUT2D eigenvalue weighted by molar-refractivity contribution is -0.138. The van der Waals surface area contributed by atoms with Crippen molar-refractivity contribution < 1.29 is 9.90 Å². The summed E-state index contributed by atoms with van der Waals surface area (Å²) in [6.45, 7) is 2.28. The highest BCUT2D eigenvalue weighted by molar-refractivity contribution is 5.76. The zero-order chi connectivity index (χ0) is 10.7. The number of imidazole rings is 1. The third-order valence-corrected chi connectivity index (χ3v) is 2.71. The fourth-order valence-corrected chi connectivity index (χ4v) is 1.69. The second-order valence-electron chi connectivity index (χ2n) is 3.90. The number of hydrogen-bond acceptors (Lipinski definition) is 3. The Morgan fingerprint density at radius 1 is 1.53 bits per heavy atom. The van der Waals surface area contributed by atoms with Crippen LogP contribution in [0.4, 0.5) is 0 Å². The second-order valence-corrected chi connectivity index (χ2v) is 3.90. The summed E-state index contributed by atoms with van der Waals surface area (Å²) >= 11 is 0. The molecule has 5 nitrogen and oxygen atoms in total. The molecule has 0 spiro atoms. The van der Waals surface area contributed by atoms with E-state index in [2.05, 4.69) is 4.98 Å². The van der Waals surface area contributed by atoms with Crippen molar-refractivity contribution in [2.75, 3.05) is 19.7 Å². The van der Waals surface area contributed by atoms with E-state index in [4.69, 9.17) is 5.11 Å². The molecule has 0 saturated carbocycles. The van der Waals surface area contributed by atoms with Gasteiger partial charge in [-0.15, -0.1) is 0 Å². The highest BCUT2D eigenvalue weighted by atomic mass is 16.3. The van der Waals surface area contributed by atoms with Gasteiger partial charge in [0.05, 0.1) is 6.33 Å². The lowest BCUT2D eigenvalue weighted by Crippen LogP contribution is -2.51. The number of carbonyl (C=O) groups excluding carboxylic acids is 1. The van der Waals surface area contributed by atoms with Gasteiger partial charge in [0, 0.05) is 51.0 Å². The molecule has 0 aliphatic carbocycles. The summed E-state index contributed by atoms with van der Waals surface area (Å²) < 4.78 is 1.89. The van der Waals surface area contributed by atoms with Crippen LogP contribution in [0.2, 0.25) is 0 Å². The minimum absolute atomic E-state index is 0.161. The Labute approximate surface area is 88.3 Å². The zero-order valence-electron chi connectivity index (χ0n) is 8.54. The summed E-state index contributed by atoms with van der Waals surface area (Å²) in [5.41, 5.74) is 0. The first-order chi connectivity index (χ1) is 7.29. The third-order valence-electron chi connectivity index (χ3n) is 2.71. The van der Waals surface area contributed by atoms with E-state index in [0.29, 0.717) is 32.0 Å². The van der Waals surface area contributed by atoms with Crippen LogP contribution in [0.1, 0.15) is 6.42 Å². The number of amides is 1. The van der Waals surface area contributed by atoms with Crippen molar-refractivity contribution in [3.8, 4) is 0 Å². The number of likely N-dealkylation sites (tertiary alicyclic amines) is 1. The molecule has 1 aliphatic heterocycles. The fraction of sp³-hybridized carbons (Fsp3) is 0.600. The molecule has 0 bridgehead atoms. The normalized spacial score (nSPS) is 16.5. The molecular weight excluding hydrogens is 194 g/mol. The molecule has 1 fully saturated rings. The molecule has 1 saturated heterocycles. The summed E-state index contributed by atoms with van der Waals surface area (Å²) in [5, 5.41) is 8.82. The Hall–Kier alpha value is -1.36. The van der Waals surface area contributed by atoms with Crippen molar-refractivity contribution in [1.29, 1.82) is 0 Å². The van der Waals surface area contributed by atoms with Gasteiger partial charge >= 0.3 is 0 Å². The summed E-state index contributed by atoms with van der Waals surface area (Å²) in [6, 6.07) is 0. The molecular formula is C10H15N3O2. The highest BCUT2D eigenvalue weighted by Crippen LogP contribution is 2.15. The standard InChI is InChI=1S/C10H15N3O2/c14-7-9-5-13(6-9)10(15)1-3-12-4-2-11-8-12/h2,4,8-9,14H,1,3,5-7H2. The van der Waals surface area contributed by atoms with Gasteiger partial charge in [0.1, 0.15) is 0 Å².